The van der Waals surface area contributed by atoms with Crippen molar-refractivity contribution in [2.24, 2.45) is 11.1 Å². The molecule has 0 spiro atoms. The Labute approximate surface area is 116 Å². The zero-order valence-electron chi connectivity index (χ0n) is 10.7. The molecule has 1 fully saturated rings. The maximum atomic E-state index is 13.5. The lowest BCUT2D eigenvalue weighted by Crippen LogP contribution is -2.46. The van der Waals surface area contributed by atoms with Crippen LogP contribution in [0.1, 0.15) is 30.1 Å². The Morgan fingerprint density at radius 2 is 2.16 bits per heavy atom. The number of amides is 1. The molecule has 1 aromatic heterocycles. The fourth-order valence-electron chi connectivity index (χ4n) is 2.17. The Kier molecular flexibility index (Phi) is 3.80. The van der Waals surface area contributed by atoms with Crippen LogP contribution in [-0.2, 0) is 0 Å². The third-order valence-electron chi connectivity index (χ3n) is 3.75. The van der Waals surface area contributed by atoms with Crippen LogP contribution in [0.4, 0.5) is 4.39 Å². The molecule has 1 aromatic rings. The molecule has 0 bridgehead atoms. The Balaban J connectivity index is 2.08. The first-order chi connectivity index (χ1) is 8.94. The maximum absolute atomic E-state index is 13.5. The van der Waals surface area contributed by atoms with Crippen molar-refractivity contribution >= 4 is 23.1 Å². The molecule has 0 unspecified atom stereocenters. The summed E-state index contributed by atoms with van der Waals surface area (Å²) >= 11 is 5.05. The second-order valence-corrected chi connectivity index (χ2v) is 5.51. The summed E-state index contributed by atoms with van der Waals surface area (Å²) < 4.78 is 13.5. The van der Waals surface area contributed by atoms with Gasteiger partial charge in [0.1, 0.15) is 0 Å². The molecule has 0 aromatic carbocycles. The predicted molar refractivity (Wildman–Crippen MR) is 74.2 cm³/mol. The highest BCUT2D eigenvalue weighted by atomic mass is 32.1. The summed E-state index contributed by atoms with van der Waals surface area (Å²) in [5.74, 6) is -0.889. The van der Waals surface area contributed by atoms with Gasteiger partial charge in [-0.3, -0.25) is 9.78 Å². The van der Waals surface area contributed by atoms with Gasteiger partial charge in [-0.1, -0.05) is 19.1 Å². The van der Waals surface area contributed by atoms with Crippen LogP contribution in [0.3, 0.4) is 0 Å². The first kappa shape index (κ1) is 13.9. The summed E-state index contributed by atoms with van der Waals surface area (Å²) in [6, 6.07) is 1.40. The highest BCUT2D eigenvalue weighted by Crippen LogP contribution is 2.31. The van der Waals surface area contributed by atoms with Crippen molar-refractivity contribution in [3.8, 4) is 0 Å². The fraction of sp³-hybridized carbons (Fsp3) is 0.462. The van der Waals surface area contributed by atoms with Gasteiger partial charge in [0.05, 0.1) is 16.7 Å². The SMILES string of the molecule is CC1(C(N)=S)CCN(C(=O)c2ccncc2F)CC1. The van der Waals surface area contributed by atoms with Crippen LogP contribution in [-0.4, -0.2) is 33.9 Å². The number of aromatic nitrogens is 1. The van der Waals surface area contributed by atoms with Crippen molar-refractivity contribution in [1.29, 1.82) is 0 Å². The summed E-state index contributed by atoms with van der Waals surface area (Å²) in [6.07, 6.45) is 3.89. The van der Waals surface area contributed by atoms with Crippen LogP contribution in [0, 0.1) is 11.2 Å². The van der Waals surface area contributed by atoms with Crippen LogP contribution in [0.15, 0.2) is 18.5 Å². The van der Waals surface area contributed by atoms with Gasteiger partial charge >= 0.3 is 0 Å². The summed E-state index contributed by atoms with van der Waals surface area (Å²) in [6.45, 7) is 3.08. The summed E-state index contributed by atoms with van der Waals surface area (Å²) in [5.41, 5.74) is 5.58. The number of thiocarbonyl (C=S) groups is 1. The van der Waals surface area contributed by atoms with E-state index in [0.29, 0.717) is 30.9 Å². The minimum absolute atomic E-state index is 0.0638. The zero-order valence-corrected chi connectivity index (χ0v) is 11.5. The van der Waals surface area contributed by atoms with E-state index in [4.69, 9.17) is 18.0 Å². The Bertz CT molecular complexity index is 512. The van der Waals surface area contributed by atoms with E-state index in [9.17, 15) is 9.18 Å². The molecule has 19 heavy (non-hydrogen) atoms. The average Bonchev–Trinajstić information content (AvgIpc) is 2.39. The normalized spacial score (nSPS) is 18.1. The number of pyridine rings is 1. The van der Waals surface area contributed by atoms with Crippen molar-refractivity contribution < 1.29 is 9.18 Å². The van der Waals surface area contributed by atoms with Crippen LogP contribution in [0.2, 0.25) is 0 Å². The van der Waals surface area contributed by atoms with Crippen molar-refractivity contribution in [1.82, 2.24) is 9.88 Å². The molecule has 1 aliphatic rings. The van der Waals surface area contributed by atoms with Gasteiger partial charge in [-0.05, 0) is 18.9 Å². The first-order valence-electron chi connectivity index (χ1n) is 6.13. The van der Waals surface area contributed by atoms with E-state index in [2.05, 4.69) is 4.98 Å². The molecule has 4 nitrogen and oxygen atoms in total. The Hall–Kier alpha value is -1.56. The second kappa shape index (κ2) is 5.21. The summed E-state index contributed by atoms with van der Waals surface area (Å²) in [5, 5.41) is 0. The summed E-state index contributed by atoms with van der Waals surface area (Å²) in [4.78, 5) is 18.0. The molecule has 2 N–H and O–H groups in total. The lowest BCUT2D eigenvalue weighted by Gasteiger charge is -2.38. The number of hydrogen-bond donors (Lipinski definition) is 1. The highest BCUT2D eigenvalue weighted by molar-refractivity contribution is 7.80. The van der Waals surface area contributed by atoms with Crippen LogP contribution in [0.25, 0.3) is 0 Å². The van der Waals surface area contributed by atoms with Crippen LogP contribution in [0.5, 0.6) is 0 Å². The number of hydrogen-bond acceptors (Lipinski definition) is 3. The van der Waals surface area contributed by atoms with Gasteiger partial charge in [-0.2, -0.15) is 0 Å². The lowest BCUT2D eigenvalue weighted by atomic mass is 9.80. The van der Waals surface area contributed by atoms with E-state index < -0.39 is 5.82 Å². The number of carbonyl (C=O) groups is 1. The number of halogens is 1. The van der Waals surface area contributed by atoms with Gasteiger partial charge in [-0.15, -0.1) is 0 Å². The lowest BCUT2D eigenvalue weighted by molar-refractivity contribution is 0.0665. The van der Waals surface area contributed by atoms with Crippen molar-refractivity contribution in [2.45, 2.75) is 19.8 Å². The molecular formula is C13H16FN3OS. The number of piperidine rings is 1. The van der Waals surface area contributed by atoms with Gasteiger partial charge in [0.25, 0.3) is 5.91 Å². The number of nitrogens with zero attached hydrogens (tertiary/aromatic N) is 2. The second-order valence-electron chi connectivity index (χ2n) is 5.07. The molecule has 1 amide bonds. The van der Waals surface area contributed by atoms with Gasteiger partial charge in [-0.25, -0.2) is 4.39 Å². The van der Waals surface area contributed by atoms with Crippen molar-refractivity contribution in [2.75, 3.05) is 13.1 Å². The van der Waals surface area contributed by atoms with Gasteiger partial charge in [0.2, 0.25) is 0 Å². The quantitative estimate of drug-likeness (QED) is 0.839. The molecule has 1 aliphatic heterocycles. The van der Waals surface area contributed by atoms with Gasteiger partial charge < -0.3 is 10.6 Å². The van der Waals surface area contributed by atoms with Gasteiger partial charge in [0.15, 0.2) is 5.82 Å². The minimum atomic E-state index is -0.588. The third-order valence-corrected chi connectivity index (χ3v) is 4.24. The van der Waals surface area contributed by atoms with E-state index in [-0.39, 0.29) is 16.9 Å². The van der Waals surface area contributed by atoms with Crippen LogP contribution >= 0.6 is 12.2 Å². The topological polar surface area (TPSA) is 59.2 Å². The van der Waals surface area contributed by atoms with E-state index >= 15 is 0 Å². The molecule has 2 heterocycles. The number of carbonyl (C=O) groups excluding carboxylic acids is 1. The van der Waals surface area contributed by atoms with E-state index in [1.807, 2.05) is 6.92 Å². The molecule has 6 heteroatoms. The monoisotopic (exact) mass is 281 g/mol. The Morgan fingerprint density at radius 3 is 2.68 bits per heavy atom. The fourth-order valence-corrected chi connectivity index (χ4v) is 2.37. The van der Waals surface area contributed by atoms with Crippen LogP contribution < -0.4 is 5.73 Å². The maximum Gasteiger partial charge on any atom is 0.256 e. The molecule has 1 saturated heterocycles. The highest BCUT2D eigenvalue weighted by Gasteiger charge is 2.34. The molecule has 0 atom stereocenters. The molecule has 102 valence electrons. The van der Waals surface area contributed by atoms with E-state index in [0.717, 1.165) is 6.20 Å². The molecule has 0 aliphatic carbocycles. The standard InChI is InChI=1S/C13H16FN3OS/c1-13(12(15)19)3-6-17(7-4-13)11(18)9-2-5-16-8-10(9)14/h2,5,8H,3-4,6-7H2,1H3,(H2,15,19). The van der Waals surface area contributed by atoms with Gasteiger partial charge in [0, 0.05) is 24.7 Å². The first-order valence-corrected chi connectivity index (χ1v) is 6.53. The molecule has 0 saturated carbocycles. The zero-order chi connectivity index (χ0) is 14.0. The third kappa shape index (κ3) is 2.73. The number of rotatable bonds is 2. The minimum Gasteiger partial charge on any atom is -0.393 e. The molecule has 2 rings (SSSR count). The summed E-state index contributed by atoms with van der Waals surface area (Å²) in [7, 11) is 0. The predicted octanol–water partition coefficient (Wildman–Crippen LogP) is 1.75. The molecular weight excluding hydrogens is 265 g/mol. The van der Waals surface area contributed by atoms with E-state index in [1.165, 1.54) is 12.3 Å². The average molecular weight is 281 g/mol. The Morgan fingerprint density at radius 1 is 1.53 bits per heavy atom. The van der Waals surface area contributed by atoms with E-state index in [1.54, 1.807) is 4.90 Å². The molecule has 0 radical (unpaired) electrons. The van der Waals surface area contributed by atoms with Crippen molar-refractivity contribution in [3.05, 3.63) is 29.8 Å². The largest absolute Gasteiger partial charge is 0.393 e. The van der Waals surface area contributed by atoms with Crippen molar-refractivity contribution in [3.63, 3.8) is 0 Å². The smallest absolute Gasteiger partial charge is 0.256 e. The number of likely N-dealkylation sites (tertiary alicyclic amines) is 1. The number of nitrogens with two attached hydrogens (primary N) is 1.